The molecule has 2 heterocycles. The van der Waals surface area contributed by atoms with Crippen LogP contribution < -0.4 is 10.1 Å². The molecule has 0 aliphatic heterocycles. The van der Waals surface area contributed by atoms with E-state index in [1.807, 2.05) is 0 Å². The summed E-state index contributed by atoms with van der Waals surface area (Å²) in [5.74, 6) is -0.172. The molecular formula is C15H11F3N4O2. The molecule has 0 aliphatic rings. The molecule has 124 valence electrons. The maximum atomic E-state index is 14.2. The molecule has 2 aromatic heterocycles. The van der Waals surface area contributed by atoms with E-state index in [-0.39, 0.29) is 23.0 Å². The van der Waals surface area contributed by atoms with Gasteiger partial charge in [-0.25, -0.2) is 23.1 Å². The van der Waals surface area contributed by atoms with Crippen molar-refractivity contribution < 1.29 is 22.4 Å². The molecule has 0 radical (unpaired) electrons. The number of nitrogens with one attached hydrogen (secondary N) is 1. The molecule has 1 N–H and O–H groups in total. The van der Waals surface area contributed by atoms with Gasteiger partial charge in [-0.05, 0) is 12.1 Å². The highest BCUT2D eigenvalue weighted by molar-refractivity contribution is 5.67. The summed E-state index contributed by atoms with van der Waals surface area (Å²) in [7, 11) is 1.67. The van der Waals surface area contributed by atoms with Crippen molar-refractivity contribution in [3.8, 4) is 23.0 Å². The number of rotatable bonds is 5. The van der Waals surface area contributed by atoms with Crippen molar-refractivity contribution in [1.29, 1.82) is 0 Å². The highest BCUT2D eigenvalue weighted by Crippen LogP contribution is 2.36. The van der Waals surface area contributed by atoms with E-state index >= 15 is 0 Å². The number of halogens is 3. The quantitative estimate of drug-likeness (QED) is 0.758. The Morgan fingerprint density at radius 3 is 2.75 bits per heavy atom. The molecule has 0 atom stereocenters. The molecule has 0 amide bonds. The van der Waals surface area contributed by atoms with Gasteiger partial charge in [0.05, 0.1) is 5.56 Å². The van der Waals surface area contributed by atoms with Gasteiger partial charge in [-0.3, -0.25) is 0 Å². The minimum Gasteiger partial charge on any atom is -0.438 e. The van der Waals surface area contributed by atoms with E-state index in [1.54, 1.807) is 7.05 Å². The third kappa shape index (κ3) is 3.14. The van der Waals surface area contributed by atoms with Crippen molar-refractivity contribution in [3.05, 3.63) is 48.2 Å². The maximum absolute atomic E-state index is 14.2. The van der Waals surface area contributed by atoms with E-state index in [0.29, 0.717) is 5.82 Å². The summed E-state index contributed by atoms with van der Waals surface area (Å²) >= 11 is 0. The van der Waals surface area contributed by atoms with Gasteiger partial charge in [-0.1, -0.05) is 11.2 Å². The minimum absolute atomic E-state index is 0.0488. The number of hydrogen-bond acceptors (Lipinski definition) is 6. The first-order valence-electron chi connectivity index (χ1n) is 6.79. The van der Waals surface area contributed by atoms with E-state index in [2.05, 4.69) is 20.4 Å². The topological polar surface area (TPSA) is 73.1 Å². The van der Waals surface area contributed by atoms with Crippen molar-refractivity contribution in [1.82, 2.24) is 15.1 Å². The number of ether oxygens (including phenoxy) is 1. The summed E-state index contributed by atoms with van der Waals surface area (Å²) in [4.78, 5) is 7.85. The van der Waals surface area contributed by atoms with Crippen molar-refractivity contribution >= 4 is 5.82 Å². The molecule has 24 heavy (non-hydrogen) atoms. The van der Waals surface area contributed by atoms with Crippen LogP contribution in [0, 0.1) is 5.82 Å². The van der Waals surface area contributed by atoms with Crippen LogP contribution in [-0.2, 0) is 0 Å². The number of alkyl halides is 2. The van der Waals surface area contributed by atoms with Crippen LogP contribution in [0.25, 0.3) is 11.3 Å². The molecule has 0 bridgehead atoms. The lowest BCUT2D eigenvalue weighted by Crippen LogP contribution is -1.96. The molecule has 0 saturated carbocycles. The average Bonchev–Trinajstić information content (AvgIpc) is 3.05. The molecule has 0 unspecified atom stereocenters. The second-order valence-corrected chi connectivity index (χ2v) is 4.62. The van der Waals surface area contributed by atoms with Crippen LogP contribution in [0.15, 0.2) is 41.2 Å². The molecule has 3 rings (SSSR count). The Morgan fingerprint density at radius 2 is 2.04 bits per heavy atom. The Hall–Kier alpha value is -3.10. The first kappa shape index (κ1) is 15.8. The summed E-state index contributed by atoms with van der Waals surface area (Å²) in [6, 6.07) is 6.50. The van der Waals surface area contributed by atoms with Gasteiger partial charge in [-0.15, -0.1) is 0 Å². The fourth-order valence-electron chi connectivity index (χ4n) is 1.98. The molecular weight excluding hydrogens is 325 g/mol. The summed E-state index contributed by atoms with van der Waals surface area (Å²) < 4.78 is 49.9. The van der Waals surface area contributed by atoms with E-state index in [1.165, 1.54) is 24.5 Å². The van der Waals surface area contributed by atoms with Gasteiger partial charge in [0.15, 0.2) is 5.76 Å². The van der Waals surface area contributed by atoms with Gasteiger partial charge in [0.2, 0.25) is 5.88 Å². The normalized spacial score (nSPS) is 10.9. The Kier molecular flexibility index (Phi) is 4.32. The fraction of sp³-hybridized carbons (Fsp3) is 0.133. The molecule has 0 spiro atoms. The van der Waals surface area contributed by atoms with E-state index < -0.39 is 17.9 Å². The van der Waals surface area contributed by atoms with Crippen LogP contribution in [0.3, 0.4) is 0 Å². The van der Waals surface area contributed by atoms with E-state index in [0.717, 1.165) is 12.1 Å². The lowest BCUT2D eigenvalue weighted by atomic mass is 10.1. The average molecular weight is 336 g/mol. The Bertz CT molecular complexity index is 854. The number of nitrogens with zero attached hydrogens (tertiary/aromatic N) is 3. The highest BCUT2D eigenvalue weighted by Gasteiger charge is 2.21. The largest absolute Gasteiger partial charge is 0.438 e. The number of anilines is 1. The predicted molar refractivity (Wildman–Crippen MR) is 78.5 cm³/mol. The van der Waals surface area contributed by atoms with Crippen molar-refractivity contribution in [2.45, 2.75) is 6.43 Å². The summed E-state index contributed by atoms with van der Waals surface area (Å²) in [5.41, 5.74) is -0.708. The molecule has 3 aromatic rings. The monoisotopic (exact) mass is 336 g/mol. The Morgan fingerprint density at radius 1 is 1.21 bits per heavy atom. The molecule has 1 aromatic carbocycles. The van der Waals surface area contributed by atoms with Gasteiger partial charge in [-0.2, -0.15) is 0 Å². The van der Waals surface area contributed by atoms with Crippen LogP contribution in [0.1, 0.15) is 12.1 Å². The van der Waals surface area contributed by atoms with Gasteiger partial charge in [0.25, 0.3) is 6.43 Å². The molecule has 9 heteroatoms. The van der Waals surface area contributed by atoms with Crippen LogP contribution in [0.2, 0.25) is 0 Å². The van der Waals surface area contributed by atoms with Crippen LogP contribution in [-0.4, -0.2) is 22.2 Å². The smallest absolute Gasteiger partial charge is 0.283 e. The van der Waals surface area contributed by atoms with Gasteiger partial charge >= 0.3 is 0 Å². The molecule has 0 saturated heterocycles. The fourth-order valence-corrected chi connectivity index (χ4v) is 1.98. The van der Waals surface area contributed by atoms with Crippen LogP contribution >= 0.6 is 0 Å². The molecule has 0 aliphatic carbocycles. The third-order valence-electron chi connectivity index (χ3n) is 3.09. The Balaban J connectivity index is 2.00. The zero-order valence-corrected chi connectivity index (χ0v) is 12.3. The Labute approximate surface area is 134 Å². The van der Waals surface area contributed by atoms with Gasteiger partial charge in [0, 0.05) is 19.2 Å². The van der Waals surface area contributed by atoms with Gasteiger partial charge in [0.1, 0.15) is 29.4 Å². The number of benzene rings is 1. The SMILES string of the molecule is CNc1cc(Oc2cccc(F)c2-c2cc(C(F)F)no2)ncn1. The zero-order valence-electron chi connectivity index (χ0n) is 12.3. The first-order chi connectivity index (χ1) is 11.6. The maximum Gasteiger partial charge on any atom is 0.283 e. The van der Waals surface area contributed by atoms with Crippen LogP contribution in [0.4, 0.5) is 19.0 Å². The minimum atomic E-state index is -2.82. The lowest BCUT2D eigenvalue weighted by Gasteiger charge is -2.09. The summed E-state index contributed by atoms with van der Waals surface area (Å²) in [6.07, 6.45) is -1.55. The second kappa shape index (κ2) is 6.57. The van der Waals surface area contributed by atoms with Gasteiger partial charge < -0.3 is 14.6 Å². The lowest BCUT2D eigenvalue weighted by molar-refractivity contribution is 0.140. The van der Waals surface area contributed by atoms with Crippen molar-refractivity contribution in [2.24, 2.45) is 0 Å². The standard InChI is InChI=1S/C15H11F3N4O2/c1-19-12-6-13(21-7-20-12)23-10-4-2-3-8(16)14(10)11-5-9(15(17)18)22-24-11/h2-7,15H,1H3,(H,19,20,21). The highest BCUT2D eigenvalue weighted by atomic mass is 19.3. The van der Waals surface area contributed by atoms with Crippen molar-refractivity contribution in [3.63, 3.8) is 0 Å². The first-order valence-corrected chi connectivity index (χ1v) is 6.79. The van der Waals surface area contributed by atoms with E-state index in [4.69, 9.17) is 9.26 Å². The zero-order chi connectivity index (χ0) is 17.1. The number of aromatic nitrogens is 3. The van der Waals surface area contributed by atoms with Crippen LogP contribution in [0.5, 0.6) is 11.6 Å². The summed E-state index contributed by atoms with van der Waals surface area (Å²) in [5, 5.41) is 6.04. The van der Waals surface area contributed by atoms with E-state index in [9.17, 15) is 13.2 Å². The number of hydrogen-bond donors (Lipinski definition) is 1. The van der Waals surface area contributed by atoms with Crippen molar-refractivity contribution in [2.75, 3.05) is 12.4 Å². The third-order valence-corrected chi connectivity index (χ3v) is 3.09. The molecule has 6 nitrogen and oxygen atoms in total. The molecule has 0 fully saturated rings. The predicted octanol–water partition coefficient (Wildman–Crippen LogP) is 4.04. The summed E-state index contributed by atoms with van der Waals surface area (Å²) in [6.45, 7) is 0. The second-order valence-electron chi connectivity index (χ2n) is 4.62.